The van der Waals surface area contributed by atoms with E-state index in [4.69, 9.17) is 9.47 Å². The normalized spacial score (nSPS) is 25.3. The summed E-state index contributed by atoms with van der Waals surface area (Å²) in [5.41, 5.74) is 1.63. The number of amides is 2. The molecule has 0 saturated heterocycles. The maximum Gasteiger partial charge on any atom is 0.247 e. The number of nitrogens with one attached hydrogen (secondary N) is 1. The molecule has 2 amide bonds. The van der Waals surface area contributed by atoms with Crippen LogP contribution in [0, 0.1) is 0 Å². The van der Waals surface area contributed by atoms with Crippen molar-refractivity contribution in [1.82, 2.24) is 10.2 Å². The number of aliphatic hydroxyl groups is 3. The van der Waals surface area contributed by atoms with Gasteiger partial charge >= 0.3 is 0 Å². The Morgan fingerprint density at radius 2 is 1.94 bits per heavy atom. The van der Waals surface area contributed by atoms with Crippen LogP contribution in [0.4, 0.5) is 0 Å². The summed E-state index contributed by atoms with van der Waals surface area (Å²) >= 11 is 0. The molecule has 0 bridgehead atoms. The lowest BCUT2D eigenvalue weighted by Crippen LogP contribution is -2.58. The minimum absolute atomic E-state index is 0.00805. The zero-order chi connectivity index (χ0) is 25.8. The van der Waals surface area contributed by atoms with Crippen molar-refractivity contribution < 1.29 is 34.4 Å². The predicted molar refractivity (Wildman–Crippen MR) is 133 cm³/mol. The van der Waals surface area contributed by atoms with Crippen molar-refractivity contribution in [3.8, 4) is 11.5 Å². The Morgan fingerprint density at radius 1 is 1.19 bits per heavy atom. The molecule has 4 atom stereocenters. The van der Waals surface area contributed by atoms with Gasteiger partial charge in [-0.25, -0.2) is 0 Å². The highest BCUT2D eigenvalue weighted by Crippen LogP contribution is 2.51. The molecule has 1 aromatic carbocycles. The number of carbonyl (C=O) groups is 2. The highest BCUT2D eigenvalue weighted by Gasteiger charge is 2.52. The zero-order valence-electron chi connectivity index (χ0n) is 21.1. The maximum absolute atomic E-state index is 13.4. The van der Waals surface area contributed by atoms with Crippen LogP contribution in [0.5, 0.6) is 11.5 Å². The van der Waals surface area contributed by atoms with Gasteiger partial charge in [0, 0.05) is 30.1 Å². The molecule has 198 valence electrons. The van der Waals surface area contributed by atoms with Crippen LogP contribution >= 0.6 is 0 Å². The van der Waals surface area contributed by atoms with Gasteiger partial charge in [-0.2, -0.15) is 0 Å². The first kappa shape index (κ1) is 26.4. The number of fused-ring (bicyclic) bond motifs is 3. The highest BCUT2D eigenvalue weighted by molar-refractivity contribution is 5.96. The van der Waals surface area contributed by atoms with E-state index in [0.717, 1.165) is 32.1 Å². The third kappa shape index (κ3) is 4.96. The van der Waals surface area contributed by atoms with Crippen molar-refractivity contribution in [2.75, 3.05) is 20.3 Å². The third-order valence-corrected chi connectivity index (χ3v) is 7.54. The van der Waals surface area contributed by atoms with Gasteiger partial charge in [0.1, 0.15) is 12.2 Å². The highest BCUT2D eigenvalue weighted by atomic mass is 16.5. The fourth-order valence-electron chi connectivity index (χ4n) is 5.91. The summed E-state index contributed by atoms with van der Waals surface area (Å²) in [6, 6.07) is 2.71. The lowest BCUT2D eigenvalue weighted by atomic mass is 9.76. The Hall–Kier alpha value is -2.62. The number of ether oxygens (including phenoxy) is 2. The van der Waals surface area contributed by atoms with Crippen LogP contribution in [-0.2, 0) is 16.2 Å². The molecular formula is C27H38N2O7. The van der Waals surface area contributed by atoms with Crippen LogP contribution in [-0.4, -0.2) is 76.6 Å². The number of nitrogens with zero attached hydrogens (tertiary/aromatic N) is 1. The van der Waals surface area contributed by atoms with Crippen LogP contribution in [0.25, 0.3) is 0 Å². The first-order valence-electron chi connectivity index (χ1n) is 13.0. The molecule has 4 N–H and O–H groups in total. The number of carbonyl (C=O) groups excluding carboxylic acids is 2. The fourth-order valence-corrected chi connectivity index (χ4v) is 5.91. The molecule has 0 radical (unpaired) electrons. The minimum atomic E-state index is -1.07. The number of aliphatic hydroxyl groups excluding tert-OH is 3. The summed E-state index contributed by atoms with van der Waals surface area (Å²) in [6.07, 6.45) is 5.78. The second kappa shape index (κ2) is 11.6. The van der Waals surface area contributed by atoms with E-state index in [1.54, 1.807) is 23.1 Å². The topological polar surface area (TPSA) is 129 Å². The van der Waals surface area contributed by atoms with Gasteiger partial charge < -0.3 is 35.0 Å². The van der Waals surface area contributed by atoms with Gasteiger partial charge in [-0.1, -0.05) is 26.2 Å². The molecule has 0 aromatic heterocycles. The molecule has 2 aliphatic carbocycles. The first-order valence-corrected chi connectivity index (χ1v) is 13.0. The zero-order valence-corrected chi connectivity index (χ0v) is 21.1. The number of hydrogen-bond donors (Lipinski definition) is 4. The number of methoxy groups -OCH3 is 1. The molecule has 1 saturated carbocycles. The van der Waals surface area contributed by atoms with Crippen molar-refractivity contribution in [2.45, 2.75) is 88.7 Å². The monoisotopic (exact) mass is 502 g/mol. The minimum Gasteiger partial charge on any atom is -0.493 e. The summed E-state index contributed by atoms with van der Waals surface area (Å²) in [5, 5.41) is 33.5. The van der Waals surface area contributed by atoms with E-state index in [-0.39, 0.29) is 37.6 Å². The largest absolute Gasteiger partial charge is 0.493 e. The van der Waals surface area contributed by atoms with Gasteiger partial charge in [-0.15, -0.1) is 0 Å². The summed E-state index contributed by atoms with van der Waals surface area (Å²) < 4.78 is 11.8. The van der Waals surface area contributed by atoms with Crippen molar-refractivity contribution in [3.05, 3.63) is 34.9 Å². The fraction of sp³-hybridized carbons (Fsp3) is 0.630. The van der Waals surface area contributed by atoms with Gasteiger partial charge in [-0.05, 0) is 43.0 Å². The van der Waals surface area contributed by atoms with Crippen LogP contribution in [0.2, 0.25) is 0 Å². The SMILES string of the molecule is CCCC(=O)N(C1CCCCC1)C1C=C(C(=O)NCCO)C2c3cc(CO)cc(OC)c3OC2C1O. The van der Waals surface area contributed by atoms with Crippen LogP contribution in [0.15, 0.2) is 23.8 Å². The number of benzene rings is 1. The van der Waals surface area contributed by atoms with E-state index in [9.17, 15) is 24.9 Å². The summed E-state index contributed by atoms with van der Waals surface area (Å²) in [7, 11) is 1.50. The van der Waals surface area contributed by atoms with Crippen molar-refractivity contribution >= 4 is 11.8 Å². The smallest absolute Gasteiger partial charge is 0.247 e. The van der Waals surface area contributed by atoms with Gasteiger partial charge in [0.05, 0.1) is 32.3 Å². The molecule has 4 rings (SSSR count). The molecular weight excluding hydrogens is 464 g/mol. The summed E-state index contributed by atoms with van der Waals surface area (Å²) in [4.78, 5) is 28.5. The van der Waals surface area contributed by atoms with Crippen molar-refractivity contribution in [2.24, 2.45) is 0 Å². The first-order chi connectivity index (χ1) is 17.4. The van der Waals surface area contributed by atoms with E-state index < -0.39 is 24.2 Å². The molecule has 4 unspecified atom stereocenters. The third-order valence-electron chi connectivity index (χ3n) is 7.54. The molecule has 36 heavy (non-hydrogen) atoms. The van der Waals surface area contributed by atoms with Gasteiger partial charge in [0.25, 0.3) is 0 Å². The molecule has 9 nitrogen and oxygen atoms in total. The van der Waals surface area contributed by atoms with E-state index >= 15 is 0 Å². The lowest BCUT2D eigenvalue weighted by Gasteiger charge is -2.45. The Kier molecular flexibility index (Phi) is 8.54. The Balaban J connectivity index is 1.81. The van der Waals surface area contributed by atoms with Gasteiger partial charge in [-0.3, -0.25) is 9.59 Å². The lowest BCUT2D eigenvalue weighted by molar-refractivity contribution is -0.141. The second-order valence-corrected chi connectivity index (χ2v) is 9.86. The standard InChI is InChI=1S/C27H38N2O7/c1-3-7-22(32)29(17-8-5-4-6-9-17)20-14-19(27(34)28-10-11-30)23-18-12-16(15-31)13-21(35-2)25(18)36-26(23)24(20)33/h12-14,17,20,23-24,26,30-31,33H,3-11,15H2,1-2H3,(H,28,34). The van der Waals surface area contributed by atoms with Gasteiger partial charge in [0.15, 0.2) is 11.5 Å². The molecule has 1 aliphatic heterocycles. The number of hydrogen-bond acceptors (Lipinski definition) is 7. The molecule has 9 heteroatoms. The van der Waals surface area contributed by atoms with Crippen LogP contribution < -0.4 is 14.8 Å². The van der Waals surface area contributed by atoms with Gasteiger partial charge in [0.2, 0.25) is 11.8 Å². The Labute approximate surface area is 212 Å². The summed E-state index contributed by atoms with van der Waals surface area (Å²) in [5.74, 6) is -0.188. The van der Waals surface area contributed by atoms with E-state index in [1.807, 2.05) is 6.92 Å². The maximum atomic E-state index is 13.4. The van der Waals surface area contributed by atoms with Crippen LogP contribution in [0.1, 0.15) is 68.9 Å². The molecule has 1 aromatic rings. The second-order valence-electron chi connectivity index (χ2n) is 9.86. The van der Waals surface area contributed by atoms with E-state index in [0.29, 0.717) is 41.0 Å². The van der Waals surface area contributed by atoms with Crippen molar-refractivity contribution in [3.63, 3.8) is 0 Å². The predicted octanol–water partition coefficient (Wildman–Crippen LogP) is 1.77. The quantitative estimate of drug-likeness (QED) is 0.405. The van der Waals surface area contributed by atoms with Crippen molar-refractivity contribution in [1.29, 1.82) is 0 Å². The summed E-state index contributed by atoms with van der Waals surface area (Å²) in [6.45, 7) is 1.60. The average Bonchev–Trinajstić information content (AvgIpc) is 3.29. The molecule has 0 spiro atoms. The molecule has 1 fully saturated rings. The van der Waals surface area contributed by atoms with Crippen LogP contribution in [0.3, 0.4) is 0 Å². The van der Waals surface area contributed by atoms with E-state index in [2.05, 4.69) is 5.32 Å². The Morgan fingerprint density at radius 3 is 2.58 bits per heavy atom. The molecule has 3 aliphatic rings. The number of rotatable bonds is 9. The average molecular weight is 503 g/mol. The van der Waals surface area contributed by atoms with E-state index in [1.165, 1.54) is 7.11 Å². The Bertz CT molecular complexity index is 989. The molecule has 1 heterocycles.